The number of hydrogen-bond acceptors (Lipinski definition) is 4. The Hall–Kier alpha value is -3.41. The molecule has 2 heterocycles. The van der Waals surface area contributed by atoms with Crippen molar-refractivity contribution in [1.29, 1.82) is 0 Å². The highest BCUT2D eigenvalue weighted by molar-refractivity contribution is 5.94. The van der Waals surface area contributed by atoms with Crippen LogP contribution in [0.3, 0.4) is 0 Å². The molecule has 1 fully saturated rings. The normalized spacial score (nSPS) is 16.2. The number of nitrogens with one attached hydrogen (secondary N) is 1. The average Bonchev–Trinajstić information content (AvgIpc) is 3.32. The lowest BCUT2D eigenvalue weighted by Gasteiger charge is -2.32. The van der Waals surface area contributed by atoms with Gasteiger partial charge in [0.1, 0.15) is 5.76 Å². The number of hydrogen-bond donors (Lipinski definition) is 1. The summed E-state index contributed by atoms with van der Waals surface area (Å²) in [4.78, 5) is 27.1. The van der Waals surface area contributed by atoms with E-state index in [0.717, 1.165) is 24.0 Å². The van der Waals surface area contributed by atoms with Crippen LogP contribution in [0.1, 0.15) is 46.4 Å². The molecule has 0 radical (unpaired) electrons. The topological polar surface area (TPSA) is 75.4 Å². The Labute approximate surface area is 182 Å². The van der Waals surface area contributed by atoms with E-state index in [-0.39, 0.29) is 17.7 Å². The molecule has 1 aliphatic heterocycles. The number of carbonyl (C=O) groups is 2. The van der Waals surface area contributed by atoms with Gasteiger partial charge >= 0.3 is 0 Å². The van der Waals surface area contributed by atoms with Gasteiger partial charge in [0.15, 0.2) is 5.69 Å². The molecule has 3 aromatic rings. The van der Waals surface area contributed by atoms with Gasteiger partial charge in [0, 0.05) is 37.7 Å². The molecule has 1 saturated heterocycles. The number of aryl methyl sites for hydroxylation is 1. The van der Waals surface area contributed by atoms with E-state index >= 15 is 0 Å². The minimum absolute atomic E-state index is 0.0906. The highest BCUT2D eigenvalue weighted by atomic mass is 16.5. The van der Waals surface area contributed by atoms with Gasteiger partial charge in [-0.25, -0.2) is 0 Å². The van der Waals surface area contributed by atoms with Gasteiger partial charge in [-0.05, 0) is 42.0 Å². The van der Waals surface area contributed by atoms with E-state index in [2.05, 4.69) is 10.5 Å². The number of likely N-dealkylation sites (tertiary alicyclic amines) is 1. The van der Waals surface area contributed by atoms with Crippen molar-refractivity contribution in [3.8, 4) is 11.1 Å². The van der Waals surface area contributed by atoms with Gasteiger partial charge in [0.2, 0.25) is 0 Å². The number of benzene rings is 2. The van der Waals surface area contributed by atoms with Crippen molar-refractivity contribution in [1.82, 2.24) is 15.4 Å². The van der Waals surface area contributed by atoms with Crippen molar-refractivity contribution >= 4 is 11.8 Å². The van der Waals surface area contributed by atoms with Crippen molar-refractivity contribution in [2.45, 2.75) is 26.2 Å². The fourth-order valence-corrected chi connectivity index (χ4v) is 3.94. The van der Waals surface area contributed by atoms with Gasteiger partial charge in [-0.3, -0.25) is 9.59 Å². The van der Waals surface area contributed by atoms with Crippen LogP contribution in [0.4, 0.5) is 0 Å². The van der Waals surface area contributed by atoms with Crippen LogP contribution in [-0.2, 0) is 6.42 Å². The third-order valence-electron chi connectivity index (χ3n) is 5.74. The lowest BCUT2D eigenvalue weighted by Crippen LogP contribution is -2.43. The summed E-state index contributed by atoms with van der Waals surface area (Å²) in [7, 11) is 0. The summed E-state index contributed by atoms with van der Waals surface area (Å²) in [6, 6.07) is 19.4. The van der Waals surface area contributed by atoms with E-state index < -0.39 is 0 Å². The van der Waals surface area contributed by atoms with Crippen molar-refractivity contribution < 1.29 is 14.1 Å². The molecule has 1 aromatic heterocycles. The molecule has 6 nitrogen and oxygen atoms in total. The molecule has 0 aliphatic carbocycles. The lowest BCUT2D eigenvalue weighted by molar-refractivity contribution is 0.0660. The van der Waals surface area contributed by atoms with E-state index in [0.29, 0.717) is 43.1 Å². The Morgan fingerprint density at radius 2 is 1.84 bits per heavy atom. The zero-order valence-electron chi connectivity index (χ0n) is 17.7. The Kier molecular flexibility index (Phi) is 6.46. The summed E-state index contributed by atoms with van der Waals surface area (Å²) in [6.07, 6.45) is 2.60. The summed E-state index contributed by atoms with van der Waals surface area (Å²) in [5, 5.41) is 6.92. The van der Waals surface area contributed by atoms with Crippen LogP contribution < -0.4 is 5.32 Å². The van der Waals surface area contributed by atoms with Crippen molar-refractivity contribution in [3.05, 3.63) is 77.7 Å². The number of carbonyl (C=O) groups excluding carboxylic acids is 2. The molecule has 2 aromatic carbocycles. The van der Waals surface area contributed by atoms with Gasteiger partial charge in [-0.15, -0.1) is 0 Å². The first-order chi connectivity index (χ1) is 15.1. The zero-order valence-corrected chi connectivity index (χ0v) is 17.7. The van der Waals surface area contributed by atoms with Crippen molar-refractivity contribution in [2.75, 3.05) is 19.6 Å². The molecule has 6 heteroatoms. The zero-order chi connectivity index (χ0) is 21.6. The van der Waals surface area contributed by atoms with Gasteiger partial charge < -0.3 is 14.7 Å². The molecule has 4 rings (SSSR count). The minimum Gasteiger partial charge on any atom is -0.361 e. The summed E-state index contributed by atoms with van der Waals surface area (Å²) in [6.45, 7) is 3.82. The Morgan fingerprint density at radius 1 is 1.10 bits per heavy atom. The molecule has 160 valence electrons. The SMILES string of the molecule is CCc1cc(C(=O)N2CCC[C@@H](CNC(=O)c3ccc(-c4ccccc4)cc3)C2)no1. The first-order valence-electron chi connectivity index (χ1n) is 10.8. The summed E-state index contributed by atoms with van der Waals surface area (Å²) in [5.41, 5.74) is 3.20. The highest BCUT2D eigenvalue weighted by Crippen LogP contribution is 2.20. The van der Waals surface area contributed by atoms with Crippen LogP contribution in [0.25, 0.3) is 11.1 Å². The maximum atomic E-state index is 12.7. The van der Waals surface area contributed by atoms with Gasteiger partial charge in [-0.1, -0.05) is 54.5 Å². The molecule has 0 unspecified atom stereocenters. The summed E-state index contributed by atoms with van der Waals surface area (Å²) in [5.74, 6) is 0.744. The first-order valence-corrected chi connectivity index (χ1v) is 10.8. The highest BCUT2D eigenvalue weighted by Gasteiger charge is 2.26. The molecule has 0 saturated carbocycles. The third-order valence-corrected chi connectivity index (χ3v) is 5.74. The van der Waals surface area contributed by atoms with Crippen LogP contribution in [0, 0.1) is 5.92 Å². The van der Waals surface area contributed by atoms with Crippen LogP contribution in [-0.4, -0.2) is 41.5 Å². The predicted octanol–water partition coefficient (Wildman–Crippen LogP) is 4.19. The van der Waals surface area contributed by atoms with Crippen LogP contribution in [0.2, 0.25) is 0 Å². The second-order valence-electron chi connectivity index (χ2n) is 7.94. The summed E-state index contributed by atoms with van der Waals surface area (Å²) < 4.78 is 5.16. The van der Waals surface area contributed by atoms with Crippen molar-refractivity contribution in [3.63, 3.8) is 0 Å². The fraction of sp³-hybridized carbons (Fsp3) is 0.320. The second-order valence-corrected chi connectivity index (χ2v) is 7.94. The van der Waals surface area contributed by atoms with Crippen LogP contribution in [0.15, 0.2) is 65.2 Å². The first kappa shape index (κ1) is 20.8. The lowest BCUT2D eigenvalue weighted by atomic mass is 9.97. The Bertz CT molecular complexity index is 1030. The maximum absolute atomic E-state index is 12.7. The van der Waals surface area contributed by atoms with Gasteiger partial charge in [0.05, 0.1) is 0 Å². The molecular formula is C25H27N3O3. The van der Waals surface area contributed by atoms with Crippen molar-refractivity contribution in [2.24, 2.45) is 5.92 Å². The minimum atomic E-state index is -0.101. The molecule has 1 aliphatic rings. The molecular weight excluding hydrogens is 390 g/mol. The van der Waals surface area contributed by atoms with Crippen LogP contribution >= 0.6 is 0 Å². The number of nitrogens with zero attached hydrogens (tertiary/aromatic N) is 2. The standard InChI is InChI=1S/C25H27N3O3/c1-2-22-15-23(27-31-22)25(30)28-14-6-7-18(17-28)16-26-24(29)21-12-10-20(11-13-21)19-8-4-3-5-9-19/h3-5,8-13,15,18H,2,6-7,14,16-17H2,1H3,(H,26,29)/t18-/m0/s1. The van der Waals surface area contributed by atoms with E-state index in [1.165, 1.54) is 0 Å². The van der Waals surface area contributed by atoms with E-state index in [4.69, 9.17) is 4.52 Å². The van der Waals surface area contributed by atoms with E-state index in [9.17, 15) is 9.59 Å². The monoisotopic (exact) mass is 417 g/mol. The number of amides is 2. The predicted molar refractivity (Wildman–Crippen MR) is 119 cm³/mol. The molecule has 1 N–H and O–H groups in total. The Balaban J connectivity index is 1.31. The van der Waals surface area contributed by atoms with E-state index in [1.54, 1.807) is 6.07 Å². The molecule has 2 amide bonds. The largest absolute Gasteiger partial charge is 0.361 e. The Morgan fingerprint density at radius 3 is 2.55 bits per heavy atom. The molecule has 0 bridgehead atoms. The second kappa shape index (κ2) is 9.60. The molecule has 1 atom stereocenters. The molecule has 0 spiro atoms. The quantitative estimate of drug-likeness (QED) is 0.653. The smallest absolute Gasteiger partial charge is 0.276 e. The summed E-state index contributed by atoms with van der Waals surface area (Å²) >= 11 is 0. The average molecular weight is 418 g/mol. The van der Waals surface area contributed by atoms with Gasteiger partial charge in [0.25, 0.3) is 11.8 Å². The fourth-order valence-electron chi connectivity index (χ4n) is 3.94. The van der Waals surface area contributed by atoms with Crippen LogP contribution in [0.5, 0.6) is 0 Å². The number of rotatable bonds is 6. The molecule has 31 heavy (non-hydrogen) atoms. The van der Waals surface area contributed by atoms with Gasteiger partial charge in [-0.2, -0.15) is 0 Å². The number of aromatic nitrogens is 1. The number of piperidine rings is 1. The third kappa shape index (κ3) is 5.02. The van der Waals surface area contributed by atoms with E-state index in [1.807, 2.05) is 66.4 Å². The maximum Gasteiger partial charge on any atom is 0.276 e.